The van der Waals surface area contributed by atoms with Crippen molar-refractivity contribution < 1.29 is 9.13 Å². The third-order valence-electron chi connectivity index (χ3n) is 2.54. The number of methoxy groups -OCH3 is 1. The molecule has 3 nitrogen and oxygen atoms in total. The molecular formula is C13H21FN2O. The molecule has 1 rings (SSSR count). The fraction of sp³-hybridized carbons (Fsp3) is 0.538. The molecular weight excluding hydrogens is 219 g/mol. The van der Waals surface area contributed by atoms with Crippen molar-refractivity contribution in [2.24, 2.45) is 0 Å². The Hall–Kier alpha value is -1.13. The van der Waals surface area contributed by atoms with Crippen LogP contribution in [0.2, 0.25) is 0 Å². The number of hydrogen-bond acceptors (Lipinski definition) is 3. The van der Waals surface area contributed by atoms with E-state index in [1.54, 1.807) is 18.2 Å². The highest BCUT2D eigenvalue weighted by atomic mass is 19.1. The molecule has 0 aliphatic heterocycles. The summed E-state index contributed by atoms with van der Waals surface area (Å²) in [6.45, 7) is 2.46. The number of hydrogen-bond donors (Lipinski definition) is 1. The zero-order valence-electron chi connectivity index (χ0n) is 10.8. The van der Waals surface area contributed by atoms with Crippen molar-refractivity contribution >= 4 is 0 Å². The van der Waals surface area contributed by atoms with Crippen molar-refractivity contribution in [3.63, 3.8) is 0 Å². The van der Waals surface area contributed by atoms with Gasteiger partial charge in [-0.2, -0.15) is 0 Å². The summed E-state index contributed by atoms with van der Waals surface area (Å²) in [5.74, 6) is 0.0349. The van der Waals surface area contributed by atoms with E-state index in [0.29, 0.717) is 17.9 Å². The summed E-state index contributed by atoms with van der Waals surface area (Å²) in [5.41, 5.74) is 0.647. The minimum atomic E-state index is -0.268. The predicted octanol–water partition coefficient (Wildman–Crippen LogP) is 1.88. The van der Waals surface area contributed by atoms with Gasteiger partial charge in [0.25, 0.3) is 0 Å². The molecule has 0 saturated carbocycles. The molecule has 0 aliphatic carbocycles. The zero-order chi connectivity index (χ0) is 12.7. The van der Waals surface area contributed by atoms with Crippen LogP contribution in [0, 0.1) is 5.82 Å². The first kappa shape index (κ1) is 13.9. The molecule has 0 spiro atoms. The van der Waals surface area contributed by atoms with Gasteiger partial charge in [-0.15, -0.1) is 0 Å². The fourth-order valence-electron chi connectivity index (χ4n) is 1.59. The molecule has 1 N–H and O–H groups in total. The second kappa shape index (κ2) is 7.25. The number of halogens is 1. The van der Waals surface area contributed by atoms with Crippen LogP contribution in [0.5, 0.6) is 5.75 Å². The summed E-state index contributed by atoms with van der Waals surface area (Å²) in [6, 6.07) is 5.21. The predicted molar refractivity (Wildman–Crippen MR) is 67.8 cm³/mol. The van der Waals surface area contributed by atoms with E-state index in [1.165, 1.54) is 7.11 Å². The van der Waals surface area contributed by atoms with E-state index in [9.17, 15) is 4.39 Å². The first-order chi connectivity index (χ1) is 8.15. The van der Waals surface area contributed by atoms with Crippen molar-refractivity contribution in [2.75, 3.05) is 34.3 Å². The number of ether oxygens (including phenoxy) is 1. The van der Waals surface area contributed by atoms with E-state index < -0.39 is 0 Å². The number of benzene rings is 1. The van der Waals surface area contributed by atoms with Crippen LogP contribution in [0.4, 0.5) is 4.39 Å². The summed E-state index contributed by atoms with van der Waals surface area (Å²) in [4.78, 5) is 2.13. The van der Waals surface area contributed by atoms with Crippen molar-refractivity contribution in [3.8, 4) is 5.75 Å². The van der Waals surface area contributed by atoms with Gasteiger partial charge in [0.15, 0.2) is 11.6 Å². The highest BCUT2D eigenvalue weighted by Crippen LogP contribution is 2.19. The molecule has 0 unspecified atom stereocenters. The molecule has 1 aromatic carbocycles. The second-order valence-electron chi connectivity index (χ2n) is 4.27. The molecule has 0 aliphatic rings. The minimum absolute atomic E-state index is 0.268. The molecule has 0 atom stereocenters. The van der Waals surface area contributed by atoms with E-state index in [4.69, 9.17) is 4.74 Å². The van der Waals surface area contributed by atoms with Gasteiger partial charge in [-0.3, -0.25) is 0 Å². The topological polar surface area (TPSA) is 24.5 Å². The smallest absolute Gasteiger partial charge is 0.169 e. The zero-order valence-corrected chi connectivity index (χ0v) is 10.8. The first-order valence-corrected chi connectivity index (χ1v) is 5.82. The van der Waals surface area contributed by atoms with Gasteiger partial charge < -0.3 is 15.0 Å². The van der Waals surface area contributed by atoms with Gasteiger partial charge in [0, 0.05) is 12.1 Å². The quantitative estimate of drug-likeness (QED) is 0.736. The maximum atomic E-state index is 13.7. The Balaban J connectivity index is 2.36. The van der Waals surface area contributed by atoms with Gasteiger partial charge in [-0.05, 0) is 39.7 Å². The minimum Gasteiger partial charge on any atom is -0.494 e. The van der Waals surface area contributed by atoms with Crippen LogP contribution in [-0.4, -0.2) is 39.2 Å². The summed E-state index contributed by atoms with van der Waals surface area (Å²) < 4.78 is 18.7. The number of nitrogens with zero attached hydrogens (tertiary/aromatic N) is 1. The second-order valence-corrected chi connectivity index (χ2v) is 4.27. The molecule has 96 valence electrons. The van der Waals surface area contributed by atoms with Crippen molar-refractivity contribution in [1.82, 2.24) is 10.2 Å². The molecule has 0 amide bonds. The largest absolute Gasteiger partial charge is 0.494 e. The molecule has 0 heterocycles. The Morgan fingerprint density at radius 3 is 2.76 bits per heavy atom. The maximum Gasteiger partial charge on any atom is 0.169 e. The summed E-state index contributed by atoms with van der Waals surface area (Å²) in [5, 5.41) is 3.23. The van der Waals surface area contributed by atoms with E-state index in [-0.39, 0.29) is 5.82 Å². The lowest BCUT2D eigenvalue weighted by Crippen LogP contribution is -2.21. The third-order valence-corrected chi connectivity index (χ3v) is 2.54. The molecule has 17 heavy (non-hydrogen) atoms. The maximum absolute atomic E-state index is 13.7. The molecule has 0 bridgehead atoms. The Kier molecular flexibility index (Phi) is 5.94. The normalized spacial score (nSPS) is 10.9. The summed E-state index contributed by atoms with van der Waals surface area (Å²) in [6.07, 6.45) is 1.05. The molecule has 0 fully saturated rings. The van der Waals surface area contributed by atoms with Crippen molar-refractivity contribution in [3.05, 3.63) is 29.6 Å². The lowest BCUT2D eigenvalue weighted by Gasteiger charge is -2.11. The lowest BCUT2D eigenvalue weighted by molar-refractivity contribution is 0.381. The van der Waals surface area contributed by atoms with Gasteiger partial charge >= 0.3 is 0 Å². The molecule has 4 heteroatoms. The third kappa shape index (κ3) is 4.71. The molecule has 0 saturated heterocycles. The molecule has 0 radical (unpaired) electrons. The highest BCUT2D eigenvalue weighted by molar-refractivity contribution is 5.30. The fourth-order valence-corrected chi connectivity index (χ4v) is 1.59. The average molecular weight is 240 g/mol. The van der Waals surface area contributed by atoms with Gasteiger partial charge in [0.1, 0.15) is 0 Å². The Bertz CT molecular complexity index is 342. The van der Waals surface area contributed by atoms with Crippen LogP contribution in [0.25, 0.3) is 0 Å². The van der Waals surface area contributed by atoms with Crippen LogP contribution in [0.3, 0.4) is 0 Å². The van der Waals surface area contributed by atoms with E-state index >= 15 is 0 Å². The van der Waals surface area contributed by atoms with Gasteiger partial charge in [0.2, 0.25) is 0 Å². The standard InChI is InChI=1S/C13H21FN2O/c1-16(2)9-5-8-15-10-11-6-4-7-12(17-3)13(11)14/h4,6-7,15H,5,8-10H2,1-3H3. The average Bonchev–Trinajstić information content (AvgIpc) is 2.30. The van der Waals surface area contributed by atoms with Gasteiger partial charge in [-0.1, -0.05) is 12.1 Å². The summed E-state index contributed by atoms with van der Waals surface area (Å²) >= 11 is 0. The monoisotopic (exact) mass is 240 g/mol. The molecule has 1 aromatic rings. The number of nitrogens with one attached hydrogen (secondary N) is 1. The van der Waals surface area contributed by atoms with Gasteiger partial charge in [0.05, 0.1) is 7.11 Å². The van der Waals surface area contributed by atoms with Crippen LogP contribution in [0.15, 0.2) is 18.2 Å². The van der Waals surface area contributed by atoms with Crippen molar-refractivity contribution in [1.29, 1.82) is 0 Å². The van der Waals surface area contributed by atoms with Crippen LogP contribution < -0.4 is 10.1 Å². The van der Waals surface area contributed by atoms with Crippen LogP contribution in [0.1, 0.15) is 12.0 Å². The van der Waals surface area contributed by atoms with E-state index in [1.807, 2.05) is 14.1 Å². The Morgan fingerprint density at radius 1 is 1.35 bits per heavy atom. The SMILES string of the molecule is COc1cccc(CNCCCN(C)C)c1F. The first-order valence-electron chi connectivity index (χ1n) is 5.82. The van der Waals surface area contributed by atoms with Crippen LogP contribution >= 0.6 is 0 Å². The Labute approximate surface area is 103 Å². The Morgan fingerprint density at radius 2 is 2.12 bits per heavy atom. The van der Waals surface area contributed by atoms with Crippen LogP contribution in [-0.2, 0) is 6.54 Å². The lowest BCUT2D eigenvalue weighted by atomic mass is 10.2. The highest BCUT2D eigenvalue weighted by Gasteiger charge is 2.07. The van der Waals surface area contributed by atoms with Crippen molar-refractivity contribution in [2.45, 2.75) is 13.0 Å². The van der Waals surface area contributed by atoms with E-state index in [0.717, 1.165) is 19.5 Å². The number of rotatable bonds is 7. The molecule has 0 aromatic heterocycles. The van der Waals surface area contributed by atoms with Gasteiger partial charge in [-0.25, -0.2) is 4.39 Å². The van der Waals surface area contributed by atoms with E-state index in [2.05, 4.69) is 10.2 Å². The summed E-state index contributed by atoms with van der Waals surface area (Å²) in [7, 11) is 5.57.